The molecule has 0 spiro atoms. The second-order valence-electron chi connectivity index (χ2n) is 6.54. The van der Waals surface area contributed by atoms with Gasteiger partial charge in [-0.1, -0.05) is 12.2 Å². The van der Waals surface area contributed by atoms with Crippen LogP contribution in [0, 0.1) is 10.1 Å². The van der Waals surface area contributed by atoms with Gasteiger partial charge in [0.1, 0.15) is 10.0 Å². The molecule has 0 atom stereocenters. The molecular formula is C19H19N5O3S2. The summed E-state index contributed by atoms with van der Waals surface area (Å²) in [6.07, 6.45) is 1.89. The lowest BCUT2D eigenvalue weighted by molar-refractivity contribution is -0.384. The summed E-state index contributed by atoms with van der Waals surface area (Å²) in [5.74, 6) is -0.292. The Morgan fingerprint density at radius 3 is 2.55 bits per heavy atom. The molecule has 0 radical (unpaired) electrons. The maximum Gasteiger partial charge on any atom is 0.278 e. The first-order valence-electron chi connectivity index (χ1n) is 8.59. The van der Waals surface area contributed by atoms with Crippen LogP contribution in [-0.2, 0) is 4.79 Å². The van der Waals surface area contributed by atoms with E-state index in [0.29, 0.717) is 27.9 Å². The number of anilines is 2. The maximum atomic E-state index is 13.0. The quantitative estimate of drug-likeness (QED) is 0.441. The molecule has 0 aliphatic carbocycles. The fourth-order valence-corrected chi connectivity index (χ4v) is 3.20. The lowest BCUT2D eigenvalue weighted by Crippen LogP contribution is -2.37. The highest BCUT2D eigenvalue weighted by Crippen LogP contribution is 2.34. The number of hydrogen-bond acceptors (Lipinski definition) is 7. The van der Waals surface area contributed by atoms with Crippen molar-refractivity contribution in [2.75, 3.05) is 37.2 Å². The third-order valence-electron chi connectivity index (χ3n) is 4.15. The van der Waals surface area contributed by atoms with Crippen molar-refractivity contribution >= 4 is 62.7 Å². The van der Waals surface area contributed by atoms with Crippen LogP contribution in [0.5, 0.6) is 0 Å². The maximum absolute atomic E-state index is 13.0. The molecule has 1 amide bonds. The molecule has 0 saturated heterocycles. The van der Waals surface area contributed by atoms with Gasteiger partial charge in [-0.2, -0.15) is 0 Å². The topological polar surface area (TPSA) is 91.1 Å². The first kappa shape index (κ1) is 20.9. The molecule has 150 valence electrons. The van der Waals surface area contributed by atoms with Gasteiger partial charge in [-0.05, 0) is 50.7 Å². The van der Waals surface area contributed by atoms with E-state index >= 15 is 0 Å². The number of nitro benzene ring substituents is 1. The largest absolute Gasteiger partial charge is 0.341 e. The van der Waals surface area contributed by atoms with Crippen molar-refractivity contribution in [3.63, 3.8) is 0 Å². The van der Waals surface area contributed by atoms with E-state index in [-0.39, 0.29) is 17.3 Å². The molecule has 0 aromatic heterocycles. The summed E-state index contributed by atoms with van der Waals surface area (Å²) in [6.45, 7) is 0.345. The molecule has 1 aliphatic rings. The number of amides is 1. The van der Waals surface area contributed by atoms with Gasteiger partial charge < -0.3 is 5.32 Å². The fourth-order valence-electron chi connectivity index (χ4n) is 2.86. The Bertz CT molecular complexity index is 1010. The van der Waals surface area contributed by atoms with E-state index in [1.54, 1.807) is 23.1 Å². The summed E-state index contributed by atoms with van der Waals surface area (Å²) in [4.78, 5) is 31.6. The number of thiocarbonyl (C=S) groups is 1. The van der Waals surface area contributed by atoms with Crippen LogP contribution in [0.3, 0.4) is 0 Å². The second-order valence-corrected chi connectivity index (χ2v) is 8.02. The van der Waals surface area contributed by atoms with Crippen molar-refractivity contribution in [1.82, 2.24) is 4.90 Å². The lowest BCUT2D eigenvalue weighted by atomic mass is 10.1. The van der Waals surface area contributed by atoms with E-state index in [2.05, 4.69) is 10.3 Å². The van der Waals surface area contributed by atoms with Gasteiger partial charge in [0, 0.05) is 23.4 Å². The first-order chi connectivity index (χ1) is 13.8. The van der Waals surface area contributed by atoms with Gasteiger partial charge in [-0.3, -0.25) is 24.7 Å². The predicted octanol–water partition coefficient (Wildman–Crippen LogP) is 3.64. The Morgan fingerprint density at radius 1 is 1.28 bits per heavy atom. The molecule has 3 rings (SSSR count). The van der Waals surface area contributed by atoms with Crippen molar-refractivity contribution in [1.29, 1.82) is 0 Å². The number of nitro groups is 1. The minimum atomic E-state index is -0.480. The number of nitrogens with one attached hydrogen (secondary N) is 1. The predicted molar refractivity (Wildman–Crippen MR) is 122 cm³/mol. The van der Waals surface area contributed by atoms with Gasteiger partial charge in [-0.15, -0.1) is 11.8 Å². The Kier molecular flexibility index (Phi) is 6.26. The molecule has 1 N–H and O–H groups in total. The van der Waals surface area contributed by atoms with Crippen LogP contribution < -0.4 is 10.2 Å². The summed E-state index contributed by atoms with van der Waals surface area (Å²) < 4.78 is 0.649. The number of carbonyl (C=O) groups is 1. The average Bonchev–Trinajstić information content (AvgIpc) is 2.94. The van der Waals surface area contributed by atoms with E-state index in [1.807, 2.05) is 37.4 Å². The van der Waals surface area contributed by atoms with Gasteiger partial charge >= 0.3 is 0 Å². The van der Waals surface area contributed by atoms with Crippen molar-refractivity contribution in [3.8, 4) is 0 Å². The smallest absolute Gasteiger partial charge is 0.278 e. The molecule has 10 heteroatoms. The second kappa shape index (κ2) is 8.68. The number of rotatable bonds is 5. The van der Waals surface area contributed by atoms with Crippen LogP contribution in [0.25, 0.3) is 0 Å². The molecule has 8 nitrogen and oxygen atoms in total. The van der Waals surface area contributed by atoms with Crippen LogP contribution in [0.2, 0.25) is 0 Å². The van der Waals surface area contributed by atoms with Crippen molar-refractivity contribution < 1.29 is 9.72 Å². The van der Waals surface area contributed by atoms with Crippen molar-refractivity contribution in [2.45, 2.75) is 0 Å². The third-order valence-corrected chi connectivity index (χ3v) is 5.22. The first-order valence-corrected chi connectivity index (χ1v) is 10.2. The molecular weight excluding hydrogens is 410 g/mol. The molecule has 0 bridgehead atoms. The van der Waals surface area contributed by atoms with E-state index in [9.17, 15) is 14.9 Å². The Labute approximate surface area is 177 Å². The number of nitrogens with zero attached hydrogens (tertiary/aromatic N) is 4. The fraction of sp³-hybridized carbons (Fsp3) is 0.211. The monoisotopic (exact) mass is 429 g/mol. The van der Waals surface area contributed by atoms with Crippen molar-refractivity contribution in [2.24, 2.45) is 4.99 Å². The Morgan fingerprint density at radius 2 is 1.97 bits per heavy atom. The zero-order valence-corrected chi connectivity index (χ0v) is 17.7. The highest BCUT2D eigenvalue weighted by atomic mass is 32.2. The molecule has 0 fully saturated rings. The highest BCUT2D eigenvalue weighted by molar-refractivity contribution is 8.22. The van der Waals surface area contributed by atoms with Gasteiger partial charge in [0.25, 0.3) is 11.6 Å². The number of carbonyl (C=O) groups excluding carboxylic acids is 1. The van der Waals surface area contributed by atoms with Crippen LogP contribution in [-0.4, -0.2) is 52.8 Å². The molecule has 1 aliphatic heterocycles. The highest BCUT2D eigenvalue weighted by Gasteiger charge is 2.35. The minimum Gasteiger partial charge on any atom is -0.341 e. The molecule has 2 aromatic carbocycles. The van der Waals surface area contributed by atoms with E-state index in [4.69, 9.17) is 12.2 Å². The van der Waals surface area contributed by atoms with Gasteiger partial charge in [-0.25, -0.2) is 4.99 Å². The van der Waals surface area contributed by atoms with Gasteiger partial charge in [0.05, 0.1) is 23.0 Å². The Balaban J connectivity index is 2.00. The van der Waals surface area contributed by atoms with Crippen LogP contribution in [0.15, 0.2) is 47.5 Å². The zero-order chi connectivity index (χ0) is 21.1. The van der Waals surface area contributed by atoms with Gasteiger partial charge in [0.15, 0.2) is 0 Å². The number of hydrogen-bond donors (Lipinski definition) is 1. The van der Waals surface area contributed by atoms with Crippen LogP contribution in [0.1, 0.15) is 5.56 Å². The van der Waals surface area contributed by atoms with E-state index in [0.717, 1.165) is 5.69 Å². The summed E-state index contributed by atoms with van der Waals surface area (Å²) in [7, 11) is 3.69. The number of aliphatic imine (C=N–C) groups is 1. The normalized spacial score (nSPS) is 14.4. The lowest BCUT2D eigenvalue weighted by Gasteiger charge is -2.21. The molecule has 0 saturated carbocycles. The summed E-state index contributed by atoms with van der Waals surface area (Å²) in [6, 6.07) is 11.5. The number of non-ortho nitro benzene ring substituents is 1. The average molecular weight is 430 g/mol. The zero-order valence-electron chi connectivity index (χ0n) is 16.1. The van der Waals surface area contributed by atoms with E-state index in [1.165, 1.54) is 23.9 Å². The molecule has 2 aromatic rings. The molecule has 1 heterocycles. The molecule has 0 unspecified atom stereocenters. The number of fused-ring (bicyclic) bond motifs is 1. The van der Waals surface area contributed by atoms with Crippen molar-refractivity contribution in [3.05, 3.63) is 58.1 Å². The SMILES string of the molecule is CSC(=S)Nc1ccc(N=C2C(=O)N(CN(C)C)c3ccc([N+](=O)[O-])cc32)cc1. The summed E-state index contributed by atoms with van der Waals surface area (Å²) in [5, 5.41) is 14.3. The minimum absolute atomic E-state index is 0.0823. The number of benzene rings is 2. The van der Waals surface area contributed by atoms with Crippen LogP contribution >= 0.6 is 24.0 Å². The third kappa shape index (κ3) is 4.61. The van der Waals surface area contributed by atoms with Crippen LogP contribution in [0.4, 0.5) is 22.7 Å². The summed E-state index contributed by atoms with van der Waals surface area (Å²) >= 11 is 6.58. The van der Waals surface area contributed by atoms with E-state index < -0.39 is 4.92 Å². The summed E-state index contributed by atoms with van der Waals surface area (Å²) in [5.41, 5.74) is 2.55. The van der Waals surface area contributed by atoms with Gasteiger partial charge in [0.2, 0.25) is 0 Å². The molecule has 29 heavy (non-hydrogen) atoms. The standard InChI is InChI=1S/C19H19N5O3S2/c1-22(2)11-23-16-9-8-14(24(26)27)10-15(16)17(18(23)25)20-12-4-6-13(7-5-12)21-19(28)29-3/h4-10H,11H2,1-3H3,(H,21,28). The Hall–Kier alpha value is -2.82. The number of thioether (sulfide) groups is 1.